The van der Waals surface area contributed by atoms with Crippen LogP contribution in [0, 0.1) is 17.6 Å². The number of halogens is 5. The van der Waals surface area contributed by atoms with Crippen LogP contribution in [0.3, 0.4) is 0 Å². The highest BCUT2D eigenvalue weighted by Crippen LogP contribution is 2.37. The fraction of sp³-hybridized carbons (Fsp3) is 0.536. The van der Waals surface area contributed by atoms with Crippen LogP contribution in [0.5, 0.6) is 0 Å². The molecule has 202 valence electrons. The third-order valence-corrected chi connectivity index (χ3v) is 7.82. The summed E-state index contributed by atoms with van der Waals surface area (Å²) in [6.45, 7) is 5.70. The van der Waals surface area contributed by atoms with Crippen LogP contribution >= 0.6 is 0 Å². The quantitative estimate of drug-likeness (QED) is 0.468. The van der Waals surface area contributed by atoms with Gasteiger partial charge in [-0.15, -0.1) is 0 Å². The van der Waals surface area contributed by atoms with Crippen molar-refractivity contribution in [2.24, 2.45) is 5.92 Å². The molecule has 0 aliphatic carbocycles. The molecule has 37 heavy (non-hydrogen) atoms. The van der Waals surface area contributed by atoms with E-state index in [9.17, 15) is 26.7 Å². The van der Waals surface area contributed by atoms with Gasteiger partial charge in [-0.2, -0.15) is 13.2 Å². The maximum absolute atomic E-state index is 13.7. The number of ether oxygens (including phenoxy) is 1. The molecule has 2 atom stereocenters. The van der Waals surface area contributed by atoms with Crippen LogP contribution in [-0.4, -0.2) is 42.1 Å². The summed E-state index contributed by atoms with van der Waals surface area (Å²) in [5.74, 6) is -1.40. The van der Waals surface area contributed by atoms with Gasteiger partial charge in [0.05, 0.1) is 12.2 Å². The van der Waals surface area contributed by atoms with Gasteiger partial charge >= 0.3 is 6.18 Å². The van der Waals surface area contributed by atoms with Crippen molar-refractivity contribution >= 4 is 5.91 Å². The second-order valence-corrected chi connectivity index (χ2v) is 10.4. The smallest absolute Gasteiger partial charge is 0.363 e. The number of carbonyl (C=O) groups excluding carboxylic acids is 1. The second-order valence-electron chi connectivity index (χ2n) is 10.4. The molecule has 2 aliphatic heterocycles. The molecule has 2 saturated heterocycles. The zero-order valence-corrected chi connectivity index (χ0v) is 21.1. The fourth-order valence-corrected chi connectivity index (χ4v) is 5.55. The predicted octanol–water partition coefficient (Wildman–Crippen LogP) is 6.05. The Morgan fingerprint density at radius 3 is 2.30 bits per heavy atom. The number of hydrogen-bond acceptors (Lipinski definition) is 3. The second kappa shape index (κ2) is 11.1. The van der Waals surface area contributed by atoms with Gasteiger partial charge in [-0.1, -0.05) is 26.0 Å². The van der Waals surface area contributed by atoms with Crippen molar-refractivity contribution in [1.82, 2.24) is 10.2 Å². The third-order valence-electron chi connectivity index (χ3n) is 7.82. The van der Waals surface area contributed by atoms with Gasteiger partial charge in [-0.05, 0) is 92.1 Å². The van der Waals surface area contributed by atoms with E-state index >= 15 is 0 Å². The molecule has 0 bridgehead atoms. The maximum Gasteiger partial charge on any atom is 0.416 e. The molecule has 4 rings (SSSR count). The van der Waals surface area contributed by atoms with Crippen LogP contribution in [0.4, 0.5) is 22.0 Å². The van der Waals surface area contributed by atoms with E-state index in [1.807, 2.05) is 26.0 Å². The van der Waals surface area contributed by atoms with Crippen LogP contribution in [0.1, 0.15) is 62.1 Å². The molecule has 0 radical (unpaired) electrons. The monoisotopic (exact) mass is 524 g/mol. The summed E-state index contributed by atoms with van der Waals surface area (Å²) in [4.78, 5) is 15.6. The lowest BCUT2D eigenvalue weighted by Gasteiger charge is -2.46. The topological polar surface area (TPSA) is 41.6 Å². The highest BCUT2D eigenvalue weighted by Gasteiger charge is 2.47. The Hall–Kier alpha value is -2.52. The lowest BCUT2D eigenvalue weighted by molar-refractivity contribution is -0.170. The minimum absolute atomic E-state index is 0.0392. The lowest BCUT2D eigenvalue weighted by Crippen LogP contribution is -2.58. The summed E-state index contributed by atoms with van der Waals surface area (Å²) in [6, 6.07) is 9.14. The zero-order valence-electron chi connectivity index (χ0n) is 21.1. The summed E-state index contributed by atoms with van der Waals surface area (Å²) < 4.78 is 72.3. The van der Waals surface area contributed by atoms with Crippen LogP contribution in [-0.2, 0) is 22.3 Å². The van der Waals surface area contributed by atoms with E-state index in [1.165, 1.54) is 12.1 Å². The molecule has 1 N–H and O–H groups in total. The predicted molar refractivity (Wildman–Crippen MR) is 130 cm³/mol. The largest absolute Gasteiger partial charge is 0.416 e. The van der Waals surface area contributed by atoms with E-state index in [4.69, 9.17) is 4.74 Å². The van der Waals surface area contributed by atoms with Crippen molar-refractivity contribution < 1.29 is 31.5 Å². The van der Waals surface area contributed by atoms with Gasteiger partial charge in [0.15, 0.2) is 0 Å². The Bertz CT molecular complexity index is 1070. The molecule has 2 aromatic carbocycles. The molecule has 2 fully saturated rings. The van der Waals surface area contributed by atoms with Gasteiger partial charge in [0.25, 0.3) is 5.91 Å². The SMILES string of the molecule is CC(C)[C@]1(C(=O)NCc2cc(F)cc(C(F)(F)F)c2)CC[C@@H](N2CCC(c3ccc(F)cc3)CC2)CO1. The number of benzene rings is 2. The minimum Gasteiger partial charge on any atom is -0.363 e. The first-order valence-corrected chi connectivity index (χ1v) is 12.8. The summed E-state index contributed by atoms with van der Waals surface area (Å²) in [6.07, 6.45) is -1.51. The van der Waals surface area contributed by atoms with Crippen LogP contribution < -0.4 is 5.32 Å². The Labute approximate surface area is 214 Å². The molecule has 0 aromatic heterocycles. The highest BCUT2D eigenvalue weighted by molar-refractivity contribution is 5.85. The number of rotatable bonds is 6. The Kier molecular flexibility index (Phi) is 8.23. The van der Waals surface area contributed by atoms with Crippen LogP contribution in [0.2, 0.25) is 0 Å². The van der Waals surface area contributed by atoms with Crippen molar-refractivity contribution in [3.05, 3.63) is 70.8 Å². The molecule has 4 nitrogen and oxygen atoms in total. The molecular formula is C28H33F5N2O2. The first-order valence-electron chi connectivity index (χ1n) is 12.8. The van der Waals surface area contributed by atoms with E-state index in [2.05, 4.69) is 10.2 Å². The number of nitrogens with one attached hydrogen (secondary N) is 1. The zero-order chi connectivity index (χ0) is 26.8. The first-order chi connectivity index (χ1) is 17.5. The van der Waals surface area contributed by atoms with Crippen LogP contribution in [0.15, 0.2) is 42.5 Å². The van der Waals surface area contributed by atoms with E-state index in [1.54, 1.807) is 0 Å². The standard InChI is InChI=1S/C28H33F5N2O2/c1-18(2)27(26(36)34-16-19-13-22(28(31,32)33)15-24(30)14-19)10-7-25(17-37-27)35-11-8-21(9-12-35)20-3-5-23(29)6-4-20/h3-6,13-15,18,21,25H,7-12,16-17H2,1-2H3,(H,34,36)/t25-,27+/m1/s1. The fourth-order valence-electron chi connectivity index (χ4n) is 5.55. The lowest BCUT2D eigenvalue weighted by atomic mass is 9.80. The summed E-state index contributed by atoms with van der Waals surface area (Å²) >= 11 is 0. The Morgan fingerprint density at radius 2 is 1.73 bits per heavy atom. The van der Waals surface area contributed by atoms with Gasteiger partial charge in [-0.25, -0.2) is 8.78 Å². The van der Waals surface area contributed by atoms with Crippen molar-refractivity contribution in [1.29, 1.82) is 0 Å². The average molecular weight is 525 g/mol. The molecule has 2 aromatic rings. The van der Waals surface area contributed by atoms with Gasteiger partial charge in [0.2, 0.25) is 0 Å². The van der Waals surface area contributed by atoms with E-state index in [-0.39, 0.29) is 29.9 Å². The van der Waals surface area contributed by atoms with Crippen LogP contribution in [0.25, 0.3) is 0 Å². The van der Waals surface area contributed by atoms with E-state index in [0.29, 0.717) is 25.0 Å². The average Bonchev–Trinajstić information content (AvgIpc) is 2.87. The summed E-state index contributed by atoms with van der Waals surface area (Å²) in [7, 11) is 0. The Balaban J connectivity index is 1.33. The minimum atomic E-state index is -4.67. The molecule has 0 saturated carbocycles. The van der Waals surface area contributed by atoms with Gasteiger partial charge < -0.3 is 10.1 Å². The molecule has 0 spiro atoms. The molecular weight excluding hydrogens is 491 g/mol. The van der Waals surface area contributed by atoms with Crippen molar-refractivity contribution in [3.8, 4) is 0 Å². The molecule has 9 heteroatoms. The molecule has 2 heterocycles. The number of likely N-dealkylation sites (tertiary alicyclic amines) is 1. The van der Waals surface area contributed by atoms with Crippen molar-refractivity contribution in [2.75, 3.05) is 19.7 Å². The normalized spacial score (nSPS) is 23.8. The molecule has 1 amide bonds. The van der Waals surface area contributed by atoms with Gasteiger partial charge in [0, 0.05) is 12.6 Å². The van der Waals surface area contributed by atoms with Gasteiger partial charge in [-0.3, -0.25) is 9.69 Å². The number of amides is 1. The third kappa shape index (κ3) is 6.32. The molecule has 2 aliphatic rings. The first kappa shape index (κ1) is 27.5. The Morgan fingerprint density at radius 1 is 1.05 bits per heavy atom. The molecule has 0 unspecified atom stereocenters. The number of alkyl halides is 3. The van der Waals surface area contributed by atoms with Crippen molar-refractivity contribution in [3.63, 3.8) is 0 Å². The van der Waals surface area contributed by atoms with E-state index < -0.39 is 29.1 Å². The number of piperidine rings is 1. The number of nitrogens with zero attached hydrogens (tertiary/aromatic N) is 1. The van der Waals surface area contributed by atoms with E-state index in [0.717, 1.165) is 50.0 Å². The van der Waals surface area contributed by atoms with Crippen molar-refractivity contribution in [2.45, 2.75) is 69.8 Å². The summed E-state index contributed by atoms with van der Waals surface area (Å²) in [5.41, 5.74) is -0.993. The highest BCUT2D eigenvalue weighted by atomic mass is 19.4. The number of carbonyl (C=O) groups is 1. The van der Waals surface area contributed by atoms with Gasteiger partial charge in [0.1, 0.15) is 17.2 Å². The maximum atomic E-state index is 13.7. The summed E-state index contributed by atoms with van der Waals surface area (Å²) in [5, 5.41) is 2.68. The number of hydrogen-bond donors (Lipinski definition) is 1.